The maximum absolute atomic E-state index is 5.89. The van der Waals surface area contributed by atoms with Gasteiger partial charge in [-0.15, -0.1) is 22.0 Å². The van der Waals surface area contributed by atoms with E-state index < -0.39 is 0 Å². The zero-order valence-electron chi connectivity index (χ0n) is 14.2. The van der Waals surface area contributed by atoms with Crippen LogP contribution in [0.25, 0.3) is 16.5 Å². The van der Waals surface area contributed by atoms with Crippen LogP contribution >= 0.6 is 11.8 Å². The Hall–Kier alpha value is -1.66. The summed E-state index contributed by atoms with van der Waals surface area (Å²) in [4.78, 5) is 8.11. The number of pyridine rings is 1. The van der Waals surface area contributed by atoms with E-state index in [1.54, 1.807) is 6.20 Å². The molecule has 4 heterocycles. The van der Waals surface area contributed by atoms with Crippen molar-refractivity contribution in [3.8, 4) is 11.6 Å². The Labute approximate surface area is 151 Å². The number of nitrogens with zero attached hydrogens (tertiary/aromatic N) is 4. The van der Waals surface area contributed by atoms with E-state index >= 15 is 0 Å². The summed E-state index contributed by atoms with van der Waals surface area (Å²) in [6.45, 7) is 3.72. The molecule has 1 aliphatic carbocycles. The van der Waals surface area contributed by atoms with Crippen molar-refractivity contribution in [3.05, 3.63) is 36.4 Å². The van der Waals surface area contributed by atoms with Gasteiger partial charge in [-0.1, -0.05) is 25.0 Å². The lowest BCUT2D eigenvalue weighted by atomic mass is 10.2. The van der Waals surface area contributed by atoms with E-state index in [9.17, 15) is 0 Å². The Bertz CT molecular complexity index is 782. The van der Waals surface area contributed by atoms with Crippen molar-refractivity contribution in [2.24, 2.45) is 5.92 Å². The lowest BCUT2D eigenvalue weighted by Crippen LogP contribution is -2.33. The third-order valence-corrected chi connectivity index (χ3v) is 6.99. The molecule has 2 atom stereocenters. The van der Waals surface area contributed by atoms with E-state index in [1.165, 1.54) is 51.7 Å². The third-order valence-electron chi connectivity index (χ3n) is 5.46. The fourth-order valence-electron chi connectivity index (χ4n) is 3.99. The third kappa shape index (κ3) is 3.02. The molecule has 1 saturated carbocycles. The van der Waals surface area contributed by atoms with Gasteiger partial charge in [0.2, 0.25) is 0 Å². The van der Waals surface area contributed by atoms with E-state index in [0.29, 0.717) is 22.4 Å². The Morgan fingerprint density at radius 2 is 1.96 bits per heavy atom. The molecule has 0 radical (unpaired) electrons. The first kappa shape index (κ1) is 15.6. The second-order valence-electron chi connectivity index (χ2n) is 7.33. The number of thioether (sulfide) groups is 1. The van der Waals surface area contributed by atoms with Gasteiger partial charge in [-0.2, -0.15) is 0 Å². The standard InChI is InChI=1S/C19H22N4OS/c1-2-6-10-23(9-5-1)13-19-12-14(19)11-16(25-19)18-22-21-17(24-18)15-7-3-4-8-20-15/h3-4,7-8,11,14H,1-2,5-6,9-10,12-13H2. The molecular weight excluding hydrogens is 332 g/mol. The maximum atomic E-state index is 5.89. The first-order valence-electron chi connectivity index (χ1n) is 9.21. The minimum Gasteiger partial charge on any atom is -0.414 e. The number of rotatable bonds is 4. The van der Waals surface area contributed by atoms with Crippen LogP contribution in [0.15, 0.2) is 34.9 Å². The molecule has 0 amide bonds. The highest BCUT2D eigenvalue weighted by molar-refractivity contribution is 8.10. The van der Waals surface area contributed by atoms with E-state index in [2.05, 4.69) is 26.2 Å². The minimum atomic E-state index is 0.360. The quantitative estimate of drug-likeness (QED) is 0.831. The van der Waals surface area contributed by atoms with E-state index in [0.717, 1.165) is 10.6 Å². The van der Waals surface area contributed by atoms with Crippen molar-refractivity contribution in [3.63, 3.8) is 0 Å². The summed E-state index contributed by atoms with van der Waals surface area (Å²) in [6.07, 6.45) is 10.9. The molecule has 2 aromatic heterocycles. The molecule has 6 heteroatoms. The molecule has 130 valence electrons. The van der Waals surface area contributed by atoms with Crippen LogP contribution in [-0.4, -0.2) is 44.5 Å². The number of aromatic nitrogens is 3. The number of allylic oxidation sites excluding steroid dienone is 1. The summed E-state index contributed by atoms with van der Waals surface area (Å²) >= 11 is 1.95. The van der Waals surface area contributed by atoms with Gasteiger partial charge in [-0.3, -0.25) is 4.98 Å². The highest BCUT2D eigenvalue weighted by atomic mass is 32.2. The lowest BCUT2D eigenvalue weighted by Gasteiger charge is -2.25. The van der Waals surface area contributed by atoms with Crippen LogP contribution in [-0.2, 0) is 0 Å². The van der Waals surface area contributed by atoms with Gasteiger partial charge in [0, 0.05) is 17.5 Å². The van der Waals surface area contributed by atoms with Gasteiger partial charge in [0.15, 0.2) is 0 Å². The summed E-state index contributed by atoms with van der Waals surface area (Å²) in [5.74, 6) is 1.81. The van der Waals surface area contributed by atoms with E-state index in [-0.39, 0.29) is 0 Å². The average molecular weight is 354 g/mol. The van der Waals surface area contributed by atoms with Crippen LogP contribution in [0, 0.1) is 5.92 Å². The lowest BCUT2D eigenvalue weighted by molar-refractivity contribution is 0.280. The molecule has 5 nitrogen and oxygen atoms in total. The molecular formula is C19H22N4OS. The monoisotopic (exact) mass is 354 g/mol. The molecule has 2 aliphatic heterocycles. The van der Waals surface area contributed by atoms with Crippen LogP contribution in [0.3, 0.4) is 0 Å². The van der Waals surface area contributed by atoms with Gasteiger partial charge >= 0.3 is 0 Å². The van der Waals surface area contributed by atoms with E-state index in [4.69, 9.17) is 4.42 Å². The molecule has 3 aliphatic rings. The second kappa shape index (κ2) is 6.25. The molecule has 5 rings (SSSR count). The second-order valence-corrected chi connectivity index (χ2v) is 8.78. The van der Waals surface area contributed by atoms with Crippen LogP contribution in [0.1, 0.15) is 38.0 Å². The van der Waals surface area contributed by atoms with Crippen LogP contribution in [0.4, 0.5) is 0 Å². The molecule has 0 aromatic carbocycles. The Kier molecular flexibility index (Phi) is 3.90. The smallest absolute Gasteiger partial charge is 0.266 e. The molecule has 0 bridgehead atoms. The van der Waals surface area contributed by atoms with Crippen LogP contribution < -0.4 is 0 Å². The van der Waals surface area contributed by atoms with Gasteiger partial charge in [0.1, 0.15) is 5.69 Å². The van der Waals surface area contributed by atoms with Gasteiger partial charge in [-0.05, 0) is 50.4 Å². The Morgan fingerprint density at radius 1 is 1.12 bits per heavy atom. The largest absolute Gasteiger partial charge is 0.414 e. The Morgan fingerprint density at radius 3 is 2.76 bits per heavy atom. The molecule has 0 spiro atoms. The number of fused-ring (bicyclic) bond motifs is 1. The number of hydrogen-bond donors (Lipinski definition) is 0. The van der Waals surface area contributed by atoms with Crippen molar-refractivity contribution in [2.45, 2.75) is 36.9 Å². The first-order valence-corrected chi connectivity index (χ1v) is 10.0. The molecule has 2 fully saturated rings. The van der Waals surface area contributed by atoms with E-state index in [1.807, 2.05) is 30.0 Å². The van der Waals surface area contributed by atoms with Crippen LogP contribution in [0.5, 0.6) is 0 Å². The van der Waals surface area contributed by atoms with Crippen LogP contribution in [0.2, 0.25) is 0 Å². The van der Waals surface area contributed by atoms with Gasteiger partial charge in [0.05, 0.1) is 4.91 Å². The summed E-state index contributed by atoms with van der Waals surface area (Å²) in [5.41, 5.74) is 0.731. The topological polar surface area (TPSA) is 55.1 Å². The highest BCUT2D eigenvalue weighted by Gasteiger charge is 2.59. The SMILES string of the molecule is C1=C(c2nnc(-c3ccccn3)o2)SC2(CN3CCCCCC3)CC12. The molecule has 2 aromatic rings. The maximum Gasteiger partial charge on any atom is 0.266 e. The first-order chi connectivity index (χ1) is 12.3. The molecule has 2 unspecified atom stereocenters. The van der Waals surface area contributed by atoms with Crippen molar-refractivity contribution in [1.82, 2.24) is 20.1 Å². The molecule has 1 saturated heterocycles. The van der Waals surface area contributed by atoms with Crippen molar-refractivity contribution >= 4 is 16.7 Å². The zero-order valence-corrected chi connectivity index (χ0v) is 15.0. The van der Waals surface area contributed by atoms with Crippen molar-refractivity contribution in [2.75, 3.05) is 19.6 Å². The van der Waals surface area contributed by atoms with Gasteiger partial charge in [0.25, 0.3) is 11.8 Å². The van der Waals surface area contributed by atoms with Gasteiger partial charge < -0.3 is 9.32 Å². The molecule has 25 heavy (non-hydrogen) atoms. The fraction of sp³-hybridized carbons (Fsp3) is 0.526. The average Bonchev–Trinajstić information content (AvgIpc) is 2.99. The van der Waals surface area contributed by atoms with Crippen molar-refractivity contribution < 1.29 is 4.42 Å². The summed E-state index contributed by atoms with van der Waals surface area (Å²) < 4.78 is 6.25. The molecule has 0 N–H and O–H groups in total. The predicted octanol–water partition coefficient (Wildman–Crippen LogP) is 3.85. The zero-order chi connectivity index (χ0) is 16.7. The number of likely N-dealkylation sites (tertiary alicyclic amines) is 1. The summed E-state index contributed by atoms with van der Waals surface area (Å²) in [7, 11) is 0. The highest BCUT2D eigenvalue weighted by Crippen LogP contribution is 2.65. The summed E-state index contributed by atoms with van der Waals surface area (Å²) in [6, 6.07) is 5.71. The minimum absolute atomic E-state index is 0.360. The Balaban J connectivity index is 1.28. The predicted molar refractivity (Wildman–Crippen MR) is 98.8 cm³/mol. The number of hydrogen-bond acceptors (Lipinski definition) is 6. The van der Waals surface area contributed by atoms with Gasteiger partial charge in [-0.25, -0.2) is 0 Å². The summed E-state index contributed by atoms with van der Waals surface area (Å²) in [5, 5.41) is 8.44. The van der Waals surface area contributed by atoms with Crippen molar-refractivity contribution in [1.29, 1.82) is 0 Å². The fourth-order valence-corrected chi connectivity index (χ4v) is 5.56. The normalized spacial score (nSPS) is 29.1.